The molecule has 1 aliphatic heterocycles. The summed E-state index contributed by atoms with van der Waals surface area (Å²) < 4.78 is 0. The monoisotopic (exact) mass is 407 g/mol. The lowest BCUT2D eigenvalue weighted by atomic mass is 10.1. The number of nitrogens with zero attached hydrogens (tertiary/aromatic N) is 1. The Bertz CT molecular complexity index is 813. The number of para-hydroxylation sites is 2. The summed E-state index contributed by atoms with van der Waals surface area (Å²) >= 11 is 6.19. The first-order valence-electron chi connectivity index (χ1n) is 8.74. The van der Waals surface area contributed by atoms with Crippen molar-refractivity contribution < 1.29 is 9.59 Å². The second-order valence-electron chi connectivity index (χ2n) is 6.28. The predicted molar refractivity (Wildman–Crippen MR) is 112 cm³/mol. The van der Waals surface area contributed by atoms with Crippen molar-refractivity contribution in [3.63, 3.8) is 0 Å². The van der Waals surface area contributed by atoms with E-state index in [0.717, 1.165) is 17.8 Å². The van der Waals surface area contributed by atoms with Crippen molar-refractivity contribution in [1.82, 2.24) is 5.32 Å². The van der Waals surface area contributed by atoms with E-state index in [4.69, 9.17) is 11.6 Å². The number of benzene rings is 2. The minimum Gasteiger partial charge on any atom is -0.325 e. The van der Waals surface area contributed by atoms with E-state index in [1.807, 2.05) is 43.3 Å². The fraction of sp³-hybridized carbons (Fsp3) is 0.300. The highest BCUT2D eigenvalue weighted by Gasteiger charge is 2.36. The van der Waals surface area contributed by atoms with Crippen LogP contribution in [0.4, 0.5) is 11.4 Å². The molecule has 1 heterocycles. The van der Waals surface area contributed by atoms with Crippen molar-refractivity contribution in [1.29, 1.82) is 0 Å². The van der Waals surface area contributed by atoms with Crippen LogP contribution < -0.4 is 15.5 Å². The second-order valence-corrected chi connectivity index (χ2v) is 6.69. The average Bonchev–Trinajstić information content (AvgIpc) is 3.03. The maximum atomic E-state index is 12.7. The average molecular weight is 408 g/mol. The third kappa shape index (κ3) is 5.01. The van der Waals surface area contributed by atoms with E-state index in [-0.39, 0.29) is 30.6 Å². The molecule has 1 saturated heterocycles. The van der Waals surface area contributed by atoms with Gasteiger partial charge in [-0.15, -0.1) is 12.4 Å². The quantitative estimate of drug-likeness (QED) is 0.763. The first-order chi connectivity index (χ1) is 12.6. The summed E-state index contributed by atoms with van der Waals surface area (Å²) in [7, 11) is 0. The van der Waals surface area contributed by atoms with E-state index in [2.05, 4.69) is 10.6 Å². The molecule has 1 unspecified atom stereocenters. The lowest BCUT2D eigenvalue weighted by Gasteiger charge is -2.18. The van der Waals surface area contributed by atoms with Gasteiger partial charge in [-0.3, -0.25) is 9.59 Å². The van der Waals surface area contributed by atoms with E-state index >= 15 is 0 Å². The molecule has 27 heavy (non-hydrogen) atoms. The lowest BCUT2D eigenvalue weighted by Crippen LogP contribution is -2.28. The Morgan fingerprint density at radius 1 is 1.19 bits per heavy atom. The van der Waals surface area contributed by atoms with Crippen molar-refractivity contribution in [2.24, 2.45) is 5.92 Å². The summed E-state index contributed by atoms with van der Waals surface area (Å²) in [4.78, 5) is 26.7. The molecule has 0 saturated carbocycles. The third-order valence-corrected chi connectivity index (χ3v) is 4.80. The van der Waals surface area contributed by atoms with Crippen molar-refractivity contribution >= 4 is 47.2 Å². The van der Waals surface area contributed by atoms with Gasteiger partial charge in [0.15, 0.2) is 0 Å². The van der Waals surface area contributed by atoms with Crippen molar-refractivity contribution in [3.05, 3.63) is 59.1 Å². The van der Waals surface area contributed by atoms with E-state index in [1.54, 1.807) is 17.0 Å². The third-order valence-electron chi connectivity index (χ3n) is 4.48. The highest BCUT2D eigenvalue weighted by Crippen LogP contribution is 2.31. The molecular weight excluding hydrogens is 385 g/mol. The van der Waals surface area contributed by atoms with Gasteiger partial charge < -0.3 is 15.5 Å². The molecule has 5 nitrogen and oxygen atoms in total. The highest BCUT2D eigenvalue weighted by molar-refractivity contribution is 6.33. The van der Waals surface area contributed by atoms with Gasteiger partial charge in [-0.05, 0) is 30.3 Å². The fourth-order valence-electron chi connectivity index (χ4n) is 3.08. The number of rotatable bonds is 6. The number of hydrogen-bond donors (Lipinski definition) is 2. The maximum absolute atomic E-state index is 12.7. The van der Waals surface area contributed by atoms with Gasteiger partial charge in [-0.25, -0.2) is 0 Å². The Hall–Kier alpha value is -2.08. The zero-order valence-corrected chi connectivity index (χ0v) is 16.6. The maximum Gasteiger partial charge on any atom is 0.229 e. The SMILES string of the molecule is CCNCc1ccccc1NC(=O)C1CC(=O)N(c2ccccc2Cl)C1.Cl. The fourth-order valence-corrected chi connectivity index (χ4v) is 3.32. The van der Waals surface area contributed by atoms with Crippen molar-refractivity contribution in [2.75, 3.05) is 23.3 Å². The van der Waals surface area contributed by atoms with E-state index in [9.17, 15) is 9.59 Å². The van der Waals surface area contributed by atoms with Crippen LogP contribution in [0.1, 0.15) is 18.9 Å². The molecule has 0 bridgehead atoms. The number of carbonyl (C=O) groups is 2. The zero-order chi connectivity index (χ0) is 18.5. The molecule has 0 spiro atoms. The van der Waals surface area contributed by atoms with Crippen LogP contribution in [0.2, 0.25) is 5.02 Å². The molecule has 1 atom stereocenters. The Balaban J connectivity index is 0.00000261. The highest BCUT2D eigenvalue weighted by atomic mass is 35.5. The zero-order valence-electron chi connectivity index (χ0n) is 15.1. The van der Waals surface area contributed by atoms with Crippen LogP contribution >= 0.6 is 24.0 Å². The van der Waals surface area contributed by atoms with Gasteiger partial charge in [0.05, 0.1) is 16.6 Å². The van der Waals surface area contributed by atoms with Gasteiger partial charge in [-0.2, -0.15) is 0 Å². The van der Waals surface area contributed by atoms with Gasteiger partial charge in [0.2, 0.25) is 11.8 Å². The Kier molecular flexibility index (Phi) is 7.66. The molecule has 2 N–H and O–H groups in total. The van der Waals surface area contributed by atoms with Gasteiger partial charge in [-0.1, -0.05) is 48.9 Å². The van der Waals surface area contributed by atoms with E-state index in [0.29, 0.717) is 23.8 Å². The Morgan fingerprint density at radius 3 is 2.63 bits per heavy atom. The summed E-state index contributed by atoms with van der Waals surface area (Å²) in [5.41, 5.74) is 2.46. The van der Waals surface area contributed by atoms with Crippen LogP contribution in [0.5, 0.6) is 0 Å². The minimum atomic E-state index is -0.397. The first-order valence-corrected chi connectivity index (χ1v) is 9.12. The van der Waals surface area contributed by atoms with E-state index in [1.165, 1.54) is 0 Å². The van der Waals surface area contributed by atoms with Gasteiger partial charge in [0, 0.05) is 25.2 Å². The van der Waals surface area contributed by atoms with Gasteiger partial charge in [0.1, 0.15) is 0 Å². The Morgan fingerprint density at radius 2 is 1.89 bits per heavy atom. The normalized spacial score (nSPS) is 16.1. The summed E-state index contributed by atoms with van der Waals surface area (Å²) in [5, 5.41) is 6.75. The number of anilines is 2. The van der Waals surface area contributed by atoms with Crippen molar-refractivity contribution in [3.8, 4) is 0 Å². The standard InChI is InChI=1S/C20H22ClN3O2.ClH/c1-2-22-12-14-7-3-5-9-17(14)23-20(26)15-11-19(25)24(13-15)18-10-6-4-8-16(18)21;/h3-10,15,22H,2,11-13H2,1H3,(H,23,26);1H. The molecular formula is C20H23Cl2N3O2. The van der Waals surface area contributed by atoms with Crippen LogP contribution in [-0.4, -0.2) is 24.9 Å². The summed E-state index contributed by atoms with van der Waals surface area (Å²) in [6, 6.07) is 14.9. The van der Waals surface area contributed by atoms with Gasteiger partial charge >= 0.3 is 0 Å². The van der Waals surface area contributed by atoms with Crippen LogP contribution in [0.15, 0.2) is 48.5 Å². The van der Waals surface area contributed by atoms with Crippen LogP contribution in [0, 0.1) is 5.92 Å². The molecule has 1 fully saturated rings. The molecule has 0 radical (unpaired) electrons. The number of nitrogens with one attached hydrogen (secondary N) is 2. The van der Waals surface area contributed by atoms with Crippen LogP contribution in [0.25, 0.3) is 0 Å². The molecule has 0 aromatic heterocycles. The second kappa shape index (κ2) is 9.74. The summed E-state index contributed by atoms with van der Waals surface area (Å²) in [6.45, 7) is 3.91. The molecule has 0 aliphatic carbocycles. The van der Waals surface area contributed by atoms with E-state index < -0.39 is 5.92 Å². The topological polar surface area (TPSA) is 61.4 Å². The molecule has 2 aromatic carbocycles. The minimum absolute atomic E-state index is 0. The molecule has 144 valence electrons. The van der Waals surface area contributed by atoms with Crippen molar-refractivity contribution in [2.45, 2.75) is 19.9 Å². The molecule has 2 aromatic rings. The number of halogens is 2. The largest absolute Gasteiger partial charge is 0.325 e. The first kappa shape index (κ1) is 21.2. The smallest absolute Gasteiger partial charge is 0.229 e. The summed E-state index contributed by atoms with van der Waals surface area (Å²) in [5.74, 6) is -0.623. The Labute approximate surface area is 170 Å². The summed E-state index contributed by atoms with van der Waals surface area (Å²) in [6.07, 6.45) is 0.187. The van der Waals surface area contributed by atoms with Gasteiger partial charge in [0.25, 0.3) is 0 Å². The predicted octanol–water partition coefficient (Wildman–Crippen LogP) is 3.86. The molecule has 1 aliphatic rings. The molecule has 2 amide bonds. The molecule has 7 heteroatoms. The van der Waals surface area contributed by atoms with Crippen LogP contribution in [-0.2, 0) is 16.1 Å². The number of hydrogen-bond acceptors (Lipinski definition) is 3. The molecule has 3 rings (SSSR count). The number of carbonyl (C=O) groups excluding carboxylic acids is 2. The number of amides is 2. The lowest BCUT2D eigenvalue weighted by molar-refractivity contribution is -0.122. The van der Waals surface area contributed by atoms with Crippen LogP contribution in [0.3, 0.4) is 0 Å².